The van der Waals surface area contributed by atoms with Crippen molar-refractivity contribution >= 4 is 21.6 Å². The SMILES string of the molecule is COc1ccc(NC(=O)C(C)OCC2CCCO2)cc1S(=O)(=O)N1CCOCC1. The van der Waals surface area contributed by atoms with Crippen LogP contribution in [0.25, 0.3) is 0 Å². The highest BCUT2D eigenvalue weighted by Gasteiger charge is 2.30. The summed E-state index contributed by atoms with van der Waals surface area (Å²) in [6, 6.07) is 4.54. The fourth-order valence-electron chi connectivity index (χ4n) is 3.23. The Morgan fingerprint density at radius 2 is 2.07 bits per heavy atom. The Kier molecular flexibility index (Phi) is 7.47. The molecule has 2 heterocycles. The Morgan fingerprint density at radius 3 is 2.72 bits per heavy atom. The molecule has 9 nitrogen and oxygen atoms in total. The first-order chi connectivity index (χ1) is 13.9. The van der Waals surface area contributed by atoms with Crippen LogP contribution in [0.2, 0.25) is 0 Å². The molecule has 0 aliphatic carbocycles. The van der Waals surface area contributed by atoms with Crippen LogP contribution in [0.15, 0.2) is 23.1 Å². The van der Waals surface area contributed by atoms with Gasteiger partial charge in [-0.2, -0.15) is 4.31 Å². The van der Waals surface area contributed by atoms with E-state index in [1.807, 2.05) is 0 Å². The number of nitrogens with one attached hydrogen (secondary N) is 1. The van der Waals surface area contributed by atoms with Gasteiger partial charge in [0.1, 0.15) is 16.7 Å². The first kappa shape index (κ1) is 22.0. The van der Waals surface area contributed by atoms with Crippen molar-refractivity contribution in [2.24, 2.45) is 0 Å². The quantitative estimate of drug-likeness (QED) is 0.664. The van der Waals surface area contributed by atoms with E-state index in [1.165, 1.54) is 23.5 Å². The number of ether oxygens (including phenoxy) is 4. The number of rotatable bonds is 8. The Bertz CT molecular complexity index is 803. The van der Waals surface area contributed by atoms with Crippen LogP contribution in [0.3, 0.4) is 0 Å². The van der Waals surface area contributed by atoms with Crippen molar-refractivity contribution in [3.8, 4) is 5.75 Å². The van der Waals surface area contributed by atoms with Crippen LogP contribution in [-0.2, 0) is 29.0 Å². The van der Waals surface area contributed by atoms with E-state index in [4.69, 9.17) is 18.9 Å². The molecule has 1 amide bonds. The van der Waals surface area contributed by atoms with Gasteiger partial charge in [-0.3, -0.25) is 4.79 Å². The zero-order valence-electron chi connectivity index (χ0n) is 16.8. The van der Waals surface area contributed by atoms with Gasteiger partial charge in [-0.25, -0.2) is 8.42 Å². The number of hydrogen-bond acceptors (Lipinski definition) is 7. The van der Waals surface area contributed by atoms with Crippen LogP contribution < -0.4 is 10.1 Å². The number of amides is 1. The molecule has 0 bridgehead atoms. The van der Waals surface area contributed by atoms with Gasteiger partial charge in [0.2, 0.25) is 10.0 Å². The molecule has 2 fully saturated rings. The van der Waals surface area contributed by atoms with Gasteiger partial charge in [-0.15, -0.1) is 0 Å². The van der Waals surface area contributed by atoms with Crippen molar-refractivity contribution < 1.29 is 32.2 Å². The van der Waals surface area contributed by atoms with E-state index in [0.717, 1.165) is 19.4 Å². The van der Waals surface area contributed by atoms with Gasteiger partial charge in [0.15, 0.2) is 0 Å². The Hall–Kier alpha value is -1.72. The number of sulfonamides is 1. The van der Waals surface area contributed by atoms with Crippen molar-refractivity contribution in [1.82, 2.24) is 4.31 Å². The summed E-state index contributed by atoms with van der Waals surface area (Å²) < 4.78 is 49.0. The summed E-state index contributed by atoms with van der Waals surface area (Å²) in [5.41, 5.74) is 0.357. The maximum Gasteiger partial charge on any atom is 0.253 e. The minimum absolute atomic E-state index is 0.00706. The van der Waals surface area contributed by atoms with E-state index in [-0.39, 0.29) is 35.7 Å². The molecule has 2 atom stereocenters. The van der Waals surface area contributed by atoms with Crippen LogP contribution in [0.5, 0.6) is 5.75 Å². The maximum absolute atomic E-state index is 13.0. The van der Waals surface area contributed by atoms with Crippen molar-refractivity contribution in [2.75, 3.05) is 51.9 Å². The normalized spacial score (nSPS) is 21.7. The Labute approximate surface area is 171 Å². The average Bonchev–Trinajstić information content (AvgIpc) is 3.26. The highest BCUT2D eigenvalue weighted by Crippen LogP contribution is 2.30. The summed E-state index contributed by atoms with van der Waals surface area (Å²) in [7, 11) is -2.37. The lowest BCUT2D eigenvalue weighted by molar-refractivity contribution is -0.128. The van der Waals surface area contributed by atoms with Crippen LogP contribution in [0.1, 0.15) is 19.8 Å². The summed E-state index contributed by atoms with van der Waals surface area (Å²) in [5, 5.41) is 2.72. The third-order valence-corrected chi connectivity index (χ3v) is 6.86. The number of hydrogen-bond donors (Lipinski definition) is 1. The van der Waals surface area contributed by atoms with Gasteiger partial charge in [0, 0.05) is 25.4 Å². The van der Waals surface area contributed by atoms with E-state index in [2.05, 4.69) is 5.32 Å². The van der Waals surface area contributed by atoms with Crippen molar-refractivity contribution in [3.05, 3.63) is 18.2 Å². The number of anilines is 1. The molecule has 10 heteroatoms. The minimum Gasteiger partial charge on any atom is -0.495 e. The summed E-state index contributed by atoms with van der Waals surface area (Å²) in [5.74, 6) is -0.139. The number of nitrogens with zero attached hydrogens (tertiary/aromatic N) is 1. The molecule has 3 rings (SSSR count). The number of methoxy groups -OCH3 is 1. The molecule has 0 saturated carbocycles. The molecular formula is C19H28N2O7S. The van der Waals surface area contributed by atoms with E-state index in [1.54, 1.807) is 13.0 Å². The Balaban J connectivity index is 1.69. The topological polar surface area (TPSA) is 103 Å². The molecule has 0 radical (unpaired) electrons. The fourth-order valence-corrected chi connectivity index (χ4v) is 4.82. The second-order valence-corrected chi connectivity index (χ2v) is 8.89. The van der Waals surface area contributed by atoms with Crippen LogP contribution >= 0.6 is 0 Å². The number of morpholine rings is 1. The monoisotopic (exact) mass is 428 g/mol. The third-order valence-electron chi connectivity index (χ3n) is 4.94. The van der Waals surface area contributed by atoms with E-state index in [0.29, 0.717) is 25.5 Å². The molecule has 1 N–H and O–H groups in total. The molecule has 0 aromatic heterocycles. The predicted octanol–water partition coefficient (Wildman–Crippen LogP) is 1.24. The fraction of sp³-hybridized carbons (Fsp3) is 0.632. The van der Waals surface area contributed by atoms with Gasteiger partial charge in [-0.05, 0) is 38.0 Å². The molecule has 162 valence electrons. The largest absolute Gasteiger partial charge is 0.495 e. The lowest BCUT2D eigenvalue weighted by Crippen LogP contribution is -2.40. The summed E-state index contributed by atoms with van der Waals surface area (Å²) in [4.78, 5) is 12.5. The first-order valence-corrected chi connectivity index (χ1v) is 11.2. The molecule has 0 spiro atoms. The van der Waals surface area contributed by atoms with Gasteiger partial charge >= 0.3 is 0 Å². The van der Waals surface area contributed by atoms with E-state index < -0.39 is 16.1 Å². The third kappa shape index (κ3) is 5.46. The van der Waals surface area contributed by atoms with Crippen molar-refractivity contribution in [3.63, 3.8) is 0 Å². The molecule has 2 unspecified atom stereocenters. The van der Waals surface area contributed by atoms with Gasteiger partial charge in [0.25, 0.3) is 5.91 Å². The average molecular weight is 429 g/mol. The summed E-state index contributed by atoms with van der Waals surface area (Å²) in [6.45, 7) is 3.97. The zero-order chi connectivity index (χ0) is 20.9. The summed E-state index contributed by atoms with van der Waals surface area (Å²) in [6.07, 6.45) is 1.26. The number of carbonyl (C=O) groups excluding carboxylic acids is 1. The number of benzene rings is 1. The lowest BCUT2D eigenvalue weighted by atomic mass is 10.2. The van der Waals surface area contributed by atoms with Crippen LogP contribution in [0.4, 0.5) is 5.69 Å². The zero-order valence-corrected chi connectivity index (χ0v) is 17.6. The molecular weight excluding hydrogens is 400 g/mol. The summed E-state index contributed by atoms with van der Waals surface area (Å²) >= 11 is 0. The smallest absolute Gasteiger partial charge is 0.253 e. The first-order valence-electron chi connectivity index (χ1n) is 9.72. The van der Waals surface area contributed by atoms with E-state index in [9.17, 15) is 13.2 Å². The van der Waals surface area contributed by atoms with Crippen molar-refractivity contribution in [2.45, 2.75) is 36.9 Å². The van der Waals surface area contributed by atoms with Gasteiger partial charge in [0.05, 0.1) is 33.0 Å². The molecule has 29 heavy (non-hydrogen) atoms. The van der Waals surface area contributed by atoms with Gasteiger partial charge < -0.3 is 24.3 Å². The molecule has 1 aromatic carbocycles. The predicted molar refractivity (Wildman–Crippen MR) is 106 cm³/mol. The lowest BCUT2D eigenvalue weighted by Gasteiger charge is -2.27. The maximum atomic E-state index is 13.0. The standard InChI is InChI=1S/C19H28N2O7S/c1-14(28-13-16-4-3-9-27-16)19(22)20-15-5-6-17(25-2)18(12-15)29(23,24)21-7-10-26-11-8-21/h5-6,12,14,16H,3-4,7-11,13H2,1-2H3,(H,20,22). The van der Waals surface area contributed by atoms with Crippen LogP contribution in [0, 0.1) is 0 Å². The second kappa shape index (κ2) is 9.86. The Morgan fingerprint density at radius 1 is 1.31 bits per heavy atom. The highest BCUT2D eigenvalue weighted by atomic mass is 32.2. The van der Waals surface area contributed by atoms with E-state index >= 15 is 0 Å². The van der Waals surface area contributed by atoms with Crippen molar-refractivity contribution in [1.29, 1.82) is 0 Å². The number of carbonyl (C=O) groups is 1. The molecule has 2 aliphatic rings. The molecule has 1 aromatic rings. The minimum atomic E-state index is -3.78. The van der Waals surface area contributed by atoms with Gasteiger partial charge in [-0.1, -0.05) is 0 Å². The second-order valence-electron chi connectivity index (χ2n) is 6.98. The van der Waals surface area contributed by atoms with Crippen LogP contribution in [-0.4, -0.2) is 77.5 Å². The molecule has 2 saturated heterocycles. The highest BCUT2D eigenvalue weighted by molar-refractivity contribution is 7.89. The molecule has 2 aliphatic heterocycles.